The molecular formula is C28H27N3O6S. The van der Waals surface area contributed by atoms with Crippen LogP contribution in [0.2, 0.25) is 0 Å². The van der Waals surface area contributed by atoms with Crippen LogP contribution in [0.25, 0.3) is 10.8 Å². The molecule has 38 heavy (non-hydrogen) atoms. The lowest BCUT2D eigenvalue weighted by molar-refractivity contribution is -0.121. The van der Waals surface area contributed by atoms with Crippen LogP contribution in [-0.2, 0) is 21.4 Å². The largest absolute Gasteiger partial charge is 0.507 e. The molecule has 4 rings (SSSR count). The number of sulfonamides is 1. The monoisotopic (exact) mass is 533 g/mol. The van der Waals surface area contributed by atoms with Gasteiger partial charge in [-0.1, -0.05) is 60.7 Å². The standard InChI is InChI=1S/C28H27N3O6S/c1-36-26-15-13-22(16-27(26)37-2)38(34,35)31(18-20-8-4-3-5-9-20)19-28(33)30-29-17-24-23-11-7-6-10-21(23)12-14-25(24)32/h3-17,32H,18-19H2,1-2H3,(H,30,33)/b29-17+. The first-order valence-electron chi connectivity index (χ1n) is 11.6. The normalized spacial score (nSPS) is 11.7. The molecule has 0 aliphatic heterocycles. The lowest BCUT2D eigenvalue weighted by Crippen LogP contribution is -2.39. The van der Waals surface area contributed by atoms with Crippen molar-refractivity contribution in [1.29, 1.82) is 0 Å². The summed E-state index contributed by atoms with van der Waals surface area (Å²) in [5.74, 6) is -0.0218. The van der Waals surface area contributed by atoms with Gasteiger partial charge in [-0.05, 0) is 34.5 Å². The third-order valence-electron chi connectivity index (χ3n) is 5.85. The number of carbonyl (C=O) groups is 1. The van der Waals surface area contributed by atoms with Gasteiger partial charge in [0.05, 0.1) is 31.9 Å². The van der Waals surface area contributed by atoms with E-state index in [1.807, 2.05) is 30.3 Å². The Morgan fingerprint density at radius 2 is 1.66 bits per heavy atom. The van der Waals surface area contributed by atoms with E-state index in [1.54, 1.807) is 36.4 Å². The van der Waals surface area contributed by atoms with Crippen LogP contribution in [0.1, 0.15) is 11.1 Å². The molecule has 4 aromatic carbocycles. The molecule has 4 aromatic rings. The van der Waals surface area contributed by atoms with Gasteiger partial charge < -0.3 is 14.6 Å². The van der Waals surface area contributed by atoms with Gasteiger partial charge in [-0.2, -0.15) is 9.41 Å². The van der Waals surface area contributed by atoms with Crippen LogP contribution in [0, 0.1) is 0 Å². The first kappa shape index (κ1) is 26.6. The number of amides is 1. The maximum atomic E-state index is 13.6. The number of hydrazone groups is 1. The molecule has 1 amide bonds. The fourth-order valence-corrected chi connectivity index (χ4v) is 5.32. The molecule has 0 saturated heterocycles. The Bertz CT molecular complexity index is 1570. The highest BCUT2D eigenvalue weighted by molar-refractivity contribution is 7.89. The molecule has 0 unspecified atom stereocenters. The van der Waals surface area contributed by atoms with E-state index in [-0.39, 0.29) is 22.9 Å². The second-order valence-corrected chi connectivity index (χ2v) is 10.2. The highest BCUT2D eigenvalue weighted by atomic mass is 32.2. The van der Waals surface area contributed by atoms with Crippen molar-refractivity contribution in [3.8, 4) is 17.2 Å². The van der Waals surface area contributed by atoms with Gasteiger partial charge in [0.25, 0.3) is 5.91 Å². The quantitative estimate of drug-likeness (QED) is 0.236. The lowest BCUT2D eigenvalue weighted by atomic mass is 10.0. The molecule has 2 N–H and O–H groups in total. The van der Waals surface area contributed by atoms with Crippen LogP contribution in [0.5, 0.6) is 17.2 Å². The minimum absolute atomic E-state index is 0.00318. The highest BCUT2D eigenvalue weighted by Gasteiger charge is 2.28. The van der Waals surface area contributed by atoms with Gasteiger partial charge in [0, 0.05) is 18.2 Å². The van der Waals surface area contributed by atoms with Crippen molar-refractivity contribution >= 4 is 32.9 Å². The van der Waals surface area contributed by atoms with Crippen LogP contribution in [0.4, 0.5) is 0 Å². The third kappa shape index (κ3) is 5.93. The van der Waals surface area contributed by atoms with E-state index in [0.29, 0.717) is 16.9 Å². The molecule has 0 saturated carbocycles. The van der Waals surface area contributed by atoms with Crippen molar-refractivity contribution in [1.82, 2.24) is 9.73 Å². The topological polar surface area (TPSA) is 118 Å². The van der Waals surface area contributed by atoms with Crippen molar-refractivity contribution in [2.45, 2.75) is 11.4 Å². The smallest absolute Gasteiger partial charge is 0.255 e. The number of phenols is 1. The van der Waals surface area contributed by atoms with Gasteiger partial charge >= 0.3 is 0 Å². The van der Waals surface area contributed by atoms with Crippen LogP contribution < -0.4 is 14.9 Å². The van der Waals surface area contributed by atoms with E-state index in [1.165, 1.54) is 38.6 Å². The Labute approximate surface area is 221 Å². The minimum atomic E-state index is -4.12. The second kappa shape index (κ2) is 11.8. The summed E-state index contributed by atoms with van der Waals surface area (Å²) < 4.78 is 38.7. The Kier molecular flexibility index (Phi) is 8.25. The summed E-state index contributed by atoms with van der Waals surface area (Å²) in [4.78, 5) is 12.8. The number of phenolic OH excluding ortho intramolecular Hbond substituents is 1. The molecule has 0 fully saturated rings. The summed E-state index contributed by atoms with van der Waals surface area (Å²) >= 11 is 0. The SMILES string of the molecule is COc1ccc(S(=O)(=O)N(CC(=O)N/N=C/c2c(O)ccc3ccccc23)Cc2ccccc2)cc1OC. The van der Waals surface area contributed by atoms with E-state index in [0.717, 1.165) is 15.1 Å². The Morgan fingerprint density at radius 1 is 0.947 bits per heavy atom. The van der Waals surface area contributed by atoms with Gasteiger partial charge in [0.2, 0.25) is 10.0 Å². The number of nitrogens with zero attached hydrogens (tertiary/aromatic N) is 2. The summed E-state index contributed by atoms with van der Waals surface area (Å²) in [6, 6.07) is 23.9. The molecule has 9 nitrogen and oxygen atoms in total. The second-order valence-electron chi connectivity index (χ2n) is 8.29. The summed E-state index contributed by atoms with van der Waals surface area (Å²) in [6.07, 6.45) is 1.33. The predicted octanol–water partition coefficient (Wildman–Crippen LogP) is 3.90. The first-order valence-corrected chi connectivity index (χ1v) is 13.1. The zero-order valence-electron chi connectivity index (χ0n) is 20.9. The number of benzene rings is 4. The number of rotatable bonds is 10. The molecule has 0 radical (unpaired) electrons. The van der Waals surface area contributed by atoms with E-state index >= 15 is 0 Å². The lowest BCUT2D eigenvalue weighted by Gasteiger charge is -2.22. The van der Waals surface area contributed by atoms with Gasteiger partial charge in [0.15, 0.2) is 11.5 Å². The van der Waals surface area contributed by atoms with E-state index in [2.05, 4.69) is 10.5 Å². The van der Waals surface area contributed by atoms with Crippen molar-refractivity contribution in [3.05, 3.63) is 96.1 Å². The molecule has 0 bridgehead atoms. The van der Waals surface area contributed by atoms with E-state index in [4.69, 9.17) is 9.47 Å². The zero-order chi connectivity index (χ0) is 27.1. The summed E-state index contributed by atoms with van der Waals surface area (Å²) in [6.45, 7) is -0.538. The van der Waals surface area contributed by atoms with Crippen molar-refractivity contribution < 1.29 is 27.8 Å². The fraction of sp³-hybridized carbons (Fsp3) is 0.143. The van der Waals surface area contributed by atoms with Gasteiger partial charge in [-0.15, -0.1) is 0 Å². The number of carbonyl (C=O) groups excluding carboxylic acids is 1. The molecule has 0 aliphatic rings. The maximum absolute atomic E-state index is 13.6. The summed E-state index contributed by atoms with van der Waals surface area (Å²) in [5.41, 5.74) is 3.51. The van der Waals surface area contributed by atoms with E-state index < -0.39 is 22.5 Å². The number of ether oxygens (including phenoxy) is 2. The number of aromatic hydroxyl groups is 1. The van der Waals surface area contributed by atoms with Gasteiger partial charge in [-0.3, -0.25) is 4.79 Å². The Hall–Kier alpha value is -4.41. The highest BCUT2D eigenvalue weighted by Crippen LogP contribution is 2.31. The summed E-state index contributed by atoms with van der Waals surface area (Å²) in [7, 11) is -1.25. The zero-order valence-corrected chi connectivity index (χ0v) is 21.7. The molecular weight excluding hydrogens is 506 g/mol. The summed E-state index contributed by atoms with van der Waals surface area (Å²) in [5, 5.41) is 15.9. The first-order chi connectivity index (χ1) is 18.3. The van der Waals surface area contributed by atoms with Crippen molar-refractivity contribution in [2.24, 2.45) is 5.10 Å². The third-order valence-corrected chi connectivity index (χ3v) is 7.63. The molecule has 0 heterocycles. The van der Waals surface area contributed by atoms with Crippen LogP contribution in [0.15, 0.2) is 94.9 Å². The molecule has 0 atom stereocenters. The van der Waals surface area contributed by atoms with Crippen molar-refractivity contribution in [3.63, 3.8) is 0 Å². The van der Waals surface area contributed by atoms with Gasteiger partial charge in [-0.25, -0.2) is 13.8 Å². The molecule has 196 valence electrons. The van der Waals surface area contributed by atoms with Gasteiger partial charge in [0.1, 0.15) is 5.75 Å². The predicted molar refractivity (Wildman–Crippen MR) is 145 cm³/mol. The average Bonchev–Trinajstić information content (AvgIpc) is 2.94. The Balaban J connectivity index is 1.58. The van der Waals surface area contributed by atoms with Crippen molar-refractivity contribution in [2.75, 3.05) is 20.8 Å². The molecule has 0 aromatic heterocycles. The number of methoxy groups -OCH3 is 2. The number of hydrogen-bond acceptors (Lipinski definition) is 7. The molecule has 0 spiro atoms. The fourth-order valence-electron chi connectivity index (χ4n) is 3.92. The number of hydrogen-bond donors (Lipinski definition) is 2. The molecule has 10 heteroatoms. The minimum Gasteiger partial charge on any atom is -0.507 e. The number of nitrogens with one attached hydrogen (secondary N) is 1. The van der Waals surface area contributed by atoms with Crippen LogP contribution in [-0.4, -0.2) is 50.7 Å². The van der Waals surface area contributed by atoms with E-state index in [9.17, 15) is 18.3 Å². The maximum Gasteiger partial charge on any atom is 0.255 e. The average molecular weight is 534 g/mol. The Morgan fingerprint density at radius 3 is 2.39 bits per heavy atom. The van der Waals surface area contributed by atoms with Crippen LogP contribution >= 0.6 is 0 Å². The molecule has 0 aliphatic carbocycles. The van der Waals surface area contributed by atoms with Crippen LogP contribution in [0.3, 0.4) is 0 Å². The number of fused-ring (bicyclic) bond motifs is 1.